The molecule has 3 rings (SSSR count). The molecule has 0 bridgehead atoms. The Morgan fingerprint density at radius 2 is 1.72 bits per heavy atom. The molecule has 0 atom stereocenters. The molecule has 0 aromatic heterocycles. The maximum Gasteiger partial charge on any atom is 0.410 e. The van der Waals surface area contributed by atoms with Crippen LogP contribution in [0.3, 0.4) is 0 Å². The quantitative estimate of drug-likeness (QED) is 0.785. The number of amides is 2. The number of piperidine rings is 1. The van der Waals surface area contributed by atoms with Crippen molar-refractivity contribution in [2.75, 3.05) is 31.7 Å². The monoisotopic (exact) mass is 345 g/mol. The number of benzene rings is 1. The molecule has 2 aliphatic heterocycles. The Kier molecular flexibility index (Phi) is 4.39. The van der Waals surface area contributed by atoms with Gasteiger partial charge in [-0.2, -0.15) is 0 Å². The molecular formula is C19H27N3O3. The van der Waals surface area contributed by atoms with Crippen molar-refractivity contribution in [1.82, 2.24) is 9.80 Å². The Morgan fingerprint density at radius 3 is 2.28 bits per heavy atom. The van der Waals surface area contributed by atoms with Crippen LogP contribution in [-0.4, -0.2) is 59.7 Å². The van der Waals surface area contributed by atoms with Crippen LogP contribution in [0.25, 0.3) is 0 Å². The SMILES string of the molecule is CN1CN(c2ccccc2)C2(CCN(C(=O)OC(C)(C)C)CC2)C1=O. The van der Waals surface area contributed by atoms with Gasteiger partial charge in [0.15, 0.2) is 0 Å². The predicted octanol–water partition coefficient (Wildman–Crippen LogP) is 2.69. The summed E-state index contributed by atoms with van der Waals surface area (Å²) >= 11 is 0. The molecule has 0 radical (unpaired) electrons. The Bertz CT molecular complexity index is 646. The van der Waals surface area contributed by atoms with Crippen molar-refractivity contribution in [3.05, 3.63) is 30.3 Å². The molecule has 2 amide bonds. The van der Waals surface area contributed by atoms with E-state index in [0.717, 1.165) is 5.69 Å². The third kappa shape index (κ3) is 3.30. The van der Waals surface area contributed by atoms with E-state index >= 15 is 0 Å². The summed E-state index contributed by atoms with van der Waals surface area (Å²) < 4.78 is 5.47. The average molecular weight is 345 g/mol. The molecule has 2 saturated heterocycles. The van der Waals surface area contributed by atoms with Crippen LogP contribution in [0.5, 0.6) is 0 Å². The number of nitrogens with zero attached hydrogens (tertiary/aromatic N) is 3. The molecule has 0 N–H and O–H groups in total. The van der Waals surface area contributed by atoms with Gasteiger partial charge in [0.1, 0.15) is 11.1 Å². The number of para-hydroxylation sites is 1. The minimum Gasteiger partial charge on any atom is -0.444 e. The summed E-state index contributed by atoms with van der Waals surface area (Å²) in [7, 11) is 1.84. The average Bonchev–Trinajstić information content (AvgIpc) is 2.80. The van der Waals surface area contributed by atoms with Crippen molar-refractivity contribution in [3.63, 3.8) is 0 Å². The van der Waals surface area contributed by atoms with Gasteiger partial charge >= 0.3 is 6.09 Å². The van der Waals surface area contributed by atoms with Gasteiger partial charge < -0.3 is 19.4 Å². The number of anilines is 1. The standard InChI is InChI=1S/C19H27N3O3/c1-18(2,3)25-17(24)21-12-10-19(11-13-21)16(23)20(4)14-22(19)15-8-6-5-7-9-15/h5-9H,10-14H2,1-4H3. The molecule has 1 aromatic carbocycles. The van der Waals surface area contributed by atoms with Crippen molar-refractivity contribution < 1.29 is 14.3 Å². The maximum atomic E-state index is 12.9. The van der Waals surface area contributed by atoms with Gasteiger partial charge in [-0.05, 0) is 45.7 Å². The Balaban J connectivity index is 1.77. The van der Waals surface area contributed by atoms with Gasteiger partial charge in [-0.25, -0.2) is 4.79 Å². The lowest BCUT2D eigenvalue weighted by molar-refractivity contribution is -0.132. The highest BCUT2D eigenvalue weighted by Crippen LogP contribution is 2.39. The van der Waals surface area contributed by atoms with Crippen molar-refractivity contribution in [3.8, 4) is 0 Å². The maximum absolute atomic E-state index is 12.9. The summed E-state index contributed by atoms with van der Waals surface area (Å²) in [6.07, 6.45) is 0.932. The summed E-state index contributed by atoms with van der Waals surface area (Å²) in [4.78, 5) is 30.9. The first-order valence-electron chi connectivity index (χ1n) is 8.79. The van der Waals surface area contributed by atoms with Crippen LogP contribution in [0.4, 0.5) is 10.5 Å². The molecule has 2 aliphatic rings. The van der Waals surface area contributed by atoms with E-state index in [9.17, 15) is 9.59 Å². The zero-order valence-corrected chi connectivity index (χ0v) is 15.5. The molecule has 0 aliphatic carbocycles. The van der Waals surface area contributed by atoms with Gasteiger partial charge in [-0.15, -0.1) is 0 Å². The van der Waals surface area contributed by atoms with Crippen LogP contribution in [-0.2, 0) is 9.53 Å². The lowest BCUT2D eigenvalue weighted by Crippen LogP contribution is -2.57. The van der Waals surface area contributed by atoms with Crippen LogP contribution >= 0.6 is 0 Å². The number of likely N-dealkylation sites (tertiary alicyclic amines) is 1. The van der Waals surface area contributed by atoms with Gasteiger partial charge in [0.25, 0.3) is 0 Å². The van der Waals surface area contributed by atoms with Crippen LogP contribution in [0.2, 0.25) is 0 Å². The van der Waals surface area contributed by atoms with E-state index in [2.05, 4.69) is 4.90 Å². The van der Waals surface area contributed by atoms with Gasteiger partial charge in [-0.3, -0.25) is 4.79 Å². The largest absolute Gasteiger partial charge is 0.444 e. The van der Waals surface area contributed by atoms with Crippen LogP contribution in [0.15, 0.2) is 30.3 Å². The Labute approximate surface area is 149 Å². The highest BCUT2D eigenvalue weighted by molar-refractivity contribution is 5.93. The first-order chi connectivity index (χ1) is 11.7. The van der Waals surface area contributed by atoms with Crippen molar-refractivity contribution >= 4 is 17.7 Å². The van der Waals surface area contributed by atoms with Gasteiger partial charge in [-0.1, -0.05) is 18.2 Å². The molecule has 0 saturated carbocycles. The van der Waals surface area contributed by atoms with E-state index < -0.39 is 11.1 Å². The van der Waals surface area contributed by atoms with E-state index in [1.165, 1.54) is 0 Å². The molecule has 2 heterocycles. The number of rotatable bonds is 1. The summed E-state index contributed by atoms with van der Waals surface area (Å²) in [5.41, 5.74) is -0.0220. The third-order valence-electron chi connectivity index (χ3n) is 4.93. The molecule has 1 spiro atoms. The van der Waals surface area contributed by atoms with E-state index in [0.29, 0.717) is 32.6 Å². The highest BCUT2D eigenvalue weighted by Gasteiger charge is 2.53. The Morgan fingerprint density at radius 1 is 1.12 bits per heavy atom. The van der Waals surface area contributed by atoms with Gasteiger partial charge in [0.05, 0.1) is 6.67 Å². The molecule has 136 valence electrons. The van der Waals surface area contributed by atoms with Crippen LogP contribution in [0, 0.1) is 0 Å². The number of ether oxygens (including phenoxy) is 1. The second kappa shape index (κ2) is 6.24. The molecular weight excluding hydrogens is 318 g/mol. The summed E-state index contributed by atoms with van der Waals surface area (Å²) in [5, 5.41) is 0. The van der Waals surface area contributed by atoms with E-state index in [1.807, 2.05) is 58.2 Å². The fourth-order valence-corrected chi connectivity index (χ4v) is 3.69. The normalized spacial score (nSPS) is 20.3. The van der Waals surface area contributed by atoms with E-state index in [-0.39, 0.29) is 12.0 Å². The molecule has 6 nitrogen and oxygen atoms in total. The van der Waals surface area contributed by atoms with E-state index in [1.54, 1.807) is 9.80 Å². The topological polar surface area (TPSA) is 53.1 Å². The minimum atomic E-state index is -0.561. The Hall–Kier alpha value is -2.24. The first-order valence-corrected chi connectivity index (χ1v) is 8.79. The molecule has 6 heteroatoms. The number of hydrogen-bond acceptors (Lipinski definition) is 4. The fraction of sp³-hybridized carbons (Fsp3) is 0.579. The molecule has 25 heavy (non-hydrogen) atoms. The fourth-order valence-electron chi connectivity index (χ4n) is 3.69. The molecule has 0 unspecified atom stereocenters. The summed E-state index contributed by atoms with van der Waals surface area (Å²) in [5.74, 6) is 0.139. The van der Waals surface area contributed by atoms with Crippen LogP contribution in [0.1, 0.15) is 33.6 Å². The lowest BCUT2D eigenvalue weighted by Gasteiger charge is -2.43. The third-order valence-corrected chi connectivity index (χ3v) is 4.93. The number of hydrogen-bond donors (Lipinski definition) is 0. The molecule has 2 fully saturated rings. The first kappa shape index (κ1) is 17.6. The number of carbonyl (C=O) groups excluding carboxylic acids is 2. The summed E-state index contributed by atoms with van der Waals surface area (Å²) in [6, 6.07) is 10.0. The number of carbonyl (C=O) groups is 2. The second-order valence-electron chi connectivity index (χ2n) is 7.91. The highest BCUT2D eigenvalue weighted by atomic mass is 16.6. The van der Waals surface area contributed by atoms with Crippen molar-refractivity contribution in [2.24, 2.45) is 0 Å². The lowest BCUT2D eigenvalue weighted by atomic mass is 9.85. The zero-order valence-electron chi connectivity index (χ0n) is 15.5. The minimum absolute atomic E-state index is 0.139. The number of likely N-dealkylation sites (N-methyl/N-ethyl adjacent to an activating group) is 1. The predicted molar refractivity (Wildman–Crippen MR) is 96.3 cm³/mol. The van der Waals surface area contributed by atoms with E-state index in [4.69, 9.17) is 4.74 Å². The van der Waals surface area contributed by atoms with Gasteiger partial charge in [0.2, 0.25) is 5.91 Å². The molecule has 1 aromatic rings. The van der Waals surface area contributed by atoms with Crippen molar-refractivity contribution in [1.29, 1.82) is 0 Å². The smallest absolute Gasteiger partial charge is 0.410 e. The van der Waals surface area contributed by atoms with Gasteiger partial charge in [0, 0.05) is 25.8 Å². The zero-order chi connectivity index (χ0) is 18.2. The summed E-state index contributed by atoms with van der Waals surface area (Å²) in [6.45, 7) is 7.22. The second-order valence-corrected chi connectivity index (χ2v) is 7.91. The van der Waals surface area contributed by atoms with Crippen molar-refractivity contribution in [2.45, 2.75) is 44.8 Å². The van der Waals surface area contributed by atoms with Crippen LogP contribution < -0.4 is 4.90 Å².